The summed E-state index contributed by atoms with van der Waals surface area (Å²) >= 11 is 0. The van der Waals surface area contributed by atoms with Crippen molar-refractivity contribution in [3.05, 3.63) is 54.3 Å². The van der Waals surface area contributed by atoms with Crippen molar-refractivity contribution in [2.75, 3.05) is 19.6 Å². The Kier molecular flexibility index (Phi) is 6.45. The van der Waals surface area contributed by atoms with E-state index in [1.807, 2.05) is 0 Å². The number of hydrogen-bond acceptors (Lipinski definition) is 6. The van der Waals surface area contributed by atoms with E-state index in [0.29, 0.717) is 30.3 Å². The molecule has 4 rings (SSSR count). The van der Waals surface area contributed by atoms with Gasteiger partial charge in [0.1, 0.15) is 5.82 Å². The number of benzene rings is 2. The summed E-state index contributed by atoms with van der Waals surface area (Å²) in [5.41, 5.74) is 0.751. The highest BCUT2D eigenvalue weighted by atomic mass is 32.2. The molecule has 0 aliphatic carbocycles. The molecule has 1 aliphatic heterocycles. The maximum Gasteiger partial charge on any atom is 0.259 e. The monoisotopic (exact) mass is 444 g/mol. The van der Waals surface area contributed by atoms with Crippen molar-refractivity contribution in [2.24, 2.45) is 0 Å². The van der Waals surface area contributed by atoms with Gasteiger partial charge in [-0.1, -0.05) is 35.8 Å². The molecule has 31 heavy (non-hydrogen) atoms. The molecule has 2 heterocycles. The van der Waals surface area contributed by atoms with Crippen molar-refractivity contribution in [1.82, 2.24) is 19.8 Å². The number of hydrogen-bond donors (Lipinski definition) is 1. The first-order valence-electron chi connectivity index (χ1n) is 10.4. The Balaban J connectivity index is 1.53. The van der Waals surface area contributed by atoms with Gasteiger partial charge in [0, 0.05) is 24.7 Å². The van der Waals surface area contributed by atoms with Gasteiger partial charge in [-0.15, -0.1) is 0 Å². The molecule has 0 spiro atoms. The van der Waals surface area contributed by atoms with Crippen LogP contribution >= 0.6 is 0 Å². The van der Waals surface area contributed by atoms with E-state index in [1.54, 1.807) is 30.3 Å². The first kappa shape index (κ1) is 21.6. The smallest absolute Gasteiger partial charge is 0.259 e. The maximum atomic E-state index is 13.5. The second kappa shape index (κ2) is 9.25. The van der Waals surface area contributed by atoms with Gasteiger partial charge in [-0.2, -0.15) is 4.98 Å². The molecule has 0 amide bonds. The van der Waals surface area contributed by atoms with Crippen LogP contribution in [-0.4, -0.2) is 49.1 Å². The van der Waals surface area contributed by atoms with E-state index in [1.165, 1.54) is 24.6 Å². The minimum absolute atomic E-state index is 0.0601. The van der Waals surface area contributed by atoms with Crippen LogP contribution in [0.25, 0.3) is 22.8 Å². The Hall–Kier alpha value is -2.62. The van der Waals surface area contributed by atoms with E-state index in [2.05, 4.69) is 26.7 Å². The molecule has 0 saturated carbocycles. The van der Waals surface area contributed by atoms with Gasteiger partial charge in [0.15, 0.2) is 0 Å². The normalized spacial score (nSPS) is 17.7. The highest BCUT2D eigenvalue weighted by Crippen LogP contribution is 2.28. The van der Waals surface area contributed by atoms with E-state index in [0.717, 1.165) is 19.4 Å². The average molecular weight is 445 g/mol. The fourth-order valence-electron chi connectivity index (χ4n) is 3.85. The van der Waals surface area contributed by atoms with E-state index in [-0.39, 0.29) is 16.6 Å². The predicted molar refractivity (Wildman–Crippen MR) is 115 cm³/mol. The zero-order chi connectivity index (χ0) is 21.8. The number of likely N-dealkylation sites (tertiary alicyclic amines) is 1. The molecule has 9 heteroatoms. The Morgan fingerprint density at radius 3 is 2.84 bits per heavy atom. The molecule has 1 atom stereocenters. The zero-order valence-corrected chi connectivity index (χ0v) is 18.1. The van der Waals surface area contributed by atoms with Crippen LogP contribution in [-0.2, 0) is 10.0 Å². The molecule has 0 unspecified atom stereocenters. The Morgan fingerprint density at radius 2 is 2.03 bits per heavy atom. The first-order valence-corrected chi connectivity index (χ1v) is 11.8. The van der Waals surface area contributed by atoms with Crippen LogP contribution in [0.4, 0.5) is 4.39 Å². The number of nitrogens with one attached hydrogen (secondary N) is 1. The number of rotatable bonds is 7. The maximum absolute atomic E-state index is 13.5. The number of piperidine rings is 1. The van der Waals surface area contributed by atoms with E-state index in [4.69, 9.17) is 4.52 Å². The number of aromatic nitrogens is 2. The predicted octanol–water partition coefficient (Wildman–Crippen LogP) is 3.70. The highest BCUT2D eigenvalue weighted by molar-refractivity contribution is 7.89. The SMILES string of the molecule is C[C@@H]1CCCCN1CCNS(=O)(=O)c1ccccc1-c1nc(-c2cccc(F)c2)no1. The number of halogens is 1. The summed E-state index contributed by atoms with van der Waals surface area (Å²) in [5.74, 6) is -0.169. The third-order valence-corrected chi connectivity index (χ3v) is 7.07. The van der Waals surface area contributed by atoms with Crippen LogP contribution in [0, 0.1) is 5.82 Å². The van der Waals surface area contributed by atoms with Crippen molar-refractivity contribution < 1.29 is 17.3 Å². The summed E-state index contributed by atoms with van der Waals surface area (Å²) < 4.78 is 47.5. The van der Waals surface area contributed by atoms with Crippen molar-refractivity contribution in [2.45, 2.75) is 37.1 Å². The lowest BCUT2D eigenvalue weighted by Crippen LogP contribution is -2.42. The van der Waals surface area contributed by atoms with Crippen LogP contribution in [0.15, 0.2) is 57.9 Å². The summed E-state index contributed by atoms with van der Waals surface area (Å²) in [5, 5.41) is 3.88. The fraction of sp³-hybridized carbons (Fsp3) is 0.364. The number of sulfonamides is 1. The zero-order valence-electron chi connectivity index (χ0n) is 17.3. The van der Waals surface area contributed by atoms with Crippen LogP contribution in [0.1, 0.15) is 26.2 Å². The third-order valence-electron chi connectivity index (χ3n) is 5.55. The van der Waals surface area contributed by atoms with Gasteiger partial charge in [0.05, 0.1) is 10.5 Å². The molecular formula is C22H25FN4O3S. The van der Waals surface area contributed by atoms with Gasteiger partial charge in [0.25, 0.3) is 5.89 Å². The Bertz CT molecular complexity index is 1150. The molecule has 164 valence electrons. The lowest BCUT2D eigenvalue weighted by Gasteiger charge is -2.33. The molecule has 1 fully saturated rings. The standard InChI is InChI=1S/C22H25FN4O3S/c1-16-7-4-5-13-27(16)14-12-24-31(28,29)20-11-3-2-10-19(20)22-25-21(26-30-22)17-8-6-9-18(23)15-17/h2-3,6,8-11,15-16,24H,4-5,7,12-14H2,1H3/t16-/m1/s1. The molecule has 1 aliphatic rings. The lowest BCUT2D eigenvalue weighted by molar-refractivity contribution is 0.164. The highest BCUT2D eigenvalue weighted by Gasteiger charge is 2.24. The lowest BCUT2D eigenvalue weighted by atomic mass is 10.0. The summed E-state index contributed by atoms with van der Waals surface area (Å²) in [6.07, 6.45) is 3.50. The van der Waals surface area contributed by atoms with Crippen molar-refractivity contribution in [3.8, 4) is 22.8 Å². The summed E-state index contributed by atoms with van der Waals surface area (Å²) in [7, 11) is -3.78. The largest absolute Gasteiger partial charge is 0.334 e. The summed E-state index contributed by atoms with van der Waals surface area (Å²) in [6, 6.07) is 12.8. The van der Waals surface area contributed by atoms with Crippen molar-refractivity contribution in [1.29, 1.82) is 0 Å². The van der Waals surface area contributed by atoms with Gasteiger partial charge in [-0.3, -0.25) is 4.90 Å². The van der Waals surface area contributed by atoms with E-state index >= 15 is 0 Å². The third kappa shape index (κ3) is 5.00. The molecule has 0 bridgehead atoms. The molecular weight excluding hydrogens is 419 g/mol. The minimum atomic E-state index is -3.78. The van der Waals surface area contributed by atoms with Crippen LogP contribution < -0.4 is 4.72 Å². The fourth-order valence-corrected chi connectivity index (χ4v) is 5.06. The van der Waals surface area contributed by atoms with Crippen molar-refractivity contribution >= 4 is 10.0 Å². The molecule has 2 aromatic carbocycles. The number of nitrogens with zero attached hydrogens (tertiary/aromatic N) is 3. The van der Waals surface area contributed by atoms with Crippen LogP contribution in [0.3, 0.4) is 0 Å². The van der Waals surface area contributed by atoms with Crippen LogP contribution in [0.2, 0.25) is 0 Å². The van der Waals surface area contributed by atoms with Crippen LogP contribution in [0.5, 0.6) is 0 Å². The topological polar surface area (TPSA) is 88.3 Å². The second-order valence-electron chi connectivity index (χ2n) is 7.71. The molecule has 1 aromatic heterocycles. The van der Waals surface area contributed by atoms with Gasteiger partial charge < -0.3 is 4.52 Å². The molecule has 1 N–H and O–H groups in total. The quantitative estimate of drug-likeness (QED) is 0.598. The van der Waals surface area contributed by atoms with Gasteiger partial charge in [0.2, 0.25) is 15.8 Å². The molecule has 1 saturated heterocycles. The van der Waals surface area contributed by atoms with E-state index < -0.39 is 15.8 Å². The van der Waals surface area contributed by atoms with Gasteiger partial charge in [-0.25, -0.2) is 17.5 Å². The van der Waals surface area contributed by atoms with Gasteiger partial charge in [-0.05, 0) is 50.6 Å². The molecule has 7 nitrogen and oxygen atoms in total. The summed E-state index contributed by atoms with van der Waals surface area (Å²) in [4.78, 5) is 6.66. The molecule has 3 aromatic rings. The minimum Gasteiger partial charge on any atom is -0.334 e. The second-order valence-corrected chi connectivity index (χ2v) is 9.44. The Labute approximate surface area is 181 Å². The molecule has 0 radical (unpaired) electrons. The first-order chi connectivity index (χ1) is 14.9. The van der Waals surface area contributed by atoms with E-state index in [9.17, 15) is 12.8 Å². The van der Waals surface area contributed by atoms with Gasteiger partial charge >= 0.3 is 0 Å². The summed E-state index contributed by atoms with van der Waals surface area (Å²) in [6.45, 7) is 4.14. The van der Waals surface area contributed by atoms with Crippen molar-refractivity contribution in [3.63, 3.8) is 0 Å². The Morgan fingerprint density at radius 1 is 1.19 bits per heavy atom. The average Bonchev–Trinajstić information content (AvgIpc) is 3.25.